The molecule has 0 aliphatic heterocycles. The molecule has 0 fully saturated rings. The second kappa shape index (κ2) is 7.06. The highest BCUT2D eigenvalue weighted by atomic mass is 16.3. The lowest BCUT2D eigenvalue weighted by Crippen LogP contribution is -2.34. The van der Waals surface area contributed by atoms with Crippen LogP contribution in [0.1, 0.15) is 27.7 Å². The molecule has 21 heavy (non-hydrogen) atoms. The Labute approximate surface area is 124 Å². The molecule has 1 unspecified atom stereocenters. The summed E-state index contributed by atoms with van der Waals surface area (Å²) in [5.74, 6) is 0.732. The summed E-state index contributed by atoms with van der Waals surface area (Å²) in [6.45, 7) is 0.959. The van der Waals surface area contributed by atoms with Crippen LogP contribution in [-0.4, -0.2) is 31.4 Å². The third-order valence-electron chi connectivity index (χ3n) is 3.40. The van der Waals surface area contributed by atoms with Crippen LogP contribution < -0.4 is 11.1 Å². The Hall–Kier alpha value is -2.11. The van der Waals surface area contributed by atoms with Gasteiger partial charge in [-0.2, -0.15) is 0 Å². The van der Waals surface area contributed by atoms with E-state index in [9.17, 15) is 4.79 Å². The largest absolute Gasteiger partial charge is 0.468 e. The van der Waals surface area contributed by atoms with Gasteiger partial charge in [-0.05, 0) is 43.9 Å². The number of carbonyl (C=O) groups is 1. The summed E-state index contributed by atoms with van der Waals surface area (Å²) in [5, 5.41) is 2.93. The maximum Gasteiger partial charge on any atom is 0.251 e. The molecule has 1 amide bonds. The fraction of sp³-hybridized carbons (Fsp3) is 0.312. The van der Waals surface area contributed by atoms with Crippen molar-refractivity contribution in [3.05, 3.63) is 59.5 Å². The summed E-state index contributed by atoms with van der Waals surface area (Å²) >= 11 is 0. The Morgan fingerprint density at radius 2 is 2.00 bits per heavy atom. The summed E-state index contributed by atoms with van der Waals surface area (Å²) in [4.78, 5) is 14.2. The second-order valence-electron chi connectivity index (χ2n) is 5.11. The highest BCUT2D eigenvalue weighted by Gasteiger charge is 2.18. The van der Waals surface area contributed by atoms with Crippen molar-refractivity contribution in [3.8, 4) is 0 Å². The molecular weight excluding hydrogens is 266 g/mol. The normalized spacial score (nSPS) is 12.4. The number of nitrogens with two attached hydrogens (primary N) is 1. The molecule has 0 radical (unpaired) electrons. The van der Waals surface area contributed by atoms with Crippen LogP contribution in [0.4, 0.5) is 0 Å². The van der Waals surface area contributed by atoms with Crippen LogP contribution in [0, 0.1) is 0 Å². The second-order valence-corrected chi connectivity index (χ2v) is 5.11. The SMILES string of the molecule is CN(C)C(CNC(=O)c1ccc(CN)cc1)c1ccco1. The van der Waals surface area contributed by atoms with Crippen molar-refractivity contribution in [1.29, 1.82) is 0 Å². The maximum atomic E-state index is 12.1. The molecule has 2 aromatic rings. The number of carbonyl (C=O) groups excluding carboxylic acids is 1. The minimum Gasteiger partial charge on any atom is -0.468 e. The highest BCUT2D eigenvalue weighted by molar-refractivity contribution is 5.94. The van der Waals surface area contributed by atoms with Crippen molar-refractivity contribution in [2.75, 3.05) is 20.6 Å². The lowest BCUT2D eigenvalue weighted by Gasteiger charge is -2.22. The van der Waals surface area contributed by atoms with E-state index in [-0.39, 0.29) is 11.9 Å². The van der Waals surface area contributed by atoms with E-state index in [1.54, 1.807) is 18.4 Å². The van der Waals surface area contributed by atoms with Gasteiger partial charge < -0.3 is 15.5 Å². The molecule has 0 spiro atoms. The van der Waals surface area contributed by atoms with Crippen molar-refractivity contribution in [2.45, 2.75) is 12.6 Å². The summed E-state index contributed by atoms with van der Waals surface area (Å²) in [6, 6.07) is 11.1. The Bertz CT molecular complexity index is 562. The monoisotopic (exact) mass is 287 g/mol. The third-order valence-corrected chi connectivity index (χ3v) is 3.40. The van der Waals surface area contributed by atoms with Crippen LogP contribution >= 0.6 is 0 Å². The van der Waals surface area contributed by atoms with Gasteiger partial charge in [0.15, 0.2) is 0 Å². The molecule has 112 valence electrons. The van der Waals surface area contributed by atoms with Gasteiger partial charge in [0.2, 0.25) is 0 Å². The molecule has 5 nitrogen and oxygen atoms in total. The molecule has 0 aliphatic carbocycles. The van der Waals surface area contributed by atoms with Crippen molar-refractivity contribution in [3.63, 3.8) is 0 Å². The van der Waals surface area contributed by atoms with Crippen LogP contribution in [0.25, 0.3) is 0 Å². The van der Waals surface area contributed by atoms with Gasteiger partial charge >= 0.3 is 0 Å². The molecule has 0 saturated carbocycles. The lowest BCUT2D eigenvalue weighted by atomic mass is 10.1. The summed E-state index contributed by atoms with van der Waals surface area (Å²) < 4.78 is 5.42. The molecule has 1 aromatic carbocycles. The van der Waals surface area contributed by atoms with Crippen LogP contribution in [0.5, 0.6) is 0 Å². The fourth-order valence-corrected chi connectivity index (χ4v) is 2.10. The number of nitrogens with zero attached hydrogens (tertiary/aromatic N) is 1. The summed E-state index contributed by atoms with van der Waals surface area (Å²) in [6.07, 6.45) is 1.64. The van der Waals surface area contributed by atoms with E-state index in [4.69, 9.17) is 10.2 Å². The Kier molecular flexibility index (Phi) is 5.14. The predicted molar refractivity (Wildman–Crippen MR) is 81.8 cm³/mol. The van der Waals surface area contributed by atoms with Gasteiger partial charge in [-0.1, -0.05) is 12.1 Å². The fourth-order valence-electron chi connectivity index (χ4n) is 2.10. The number of nitrogens with one attached hydrogen (secondary N) is 1. The van der Waals surface area contributed by atoms with Crippen LogP contribution in [-0.2, 0) is 6.54 Å². The topological polar surface area (TPSA) is 71.5 Å². The predicted octanol–water partition coefficient (Wildman–Crippen LogP) is 1.77. The van der Waals surface area contributed by atoms with E-state index < -0.39 is 0 Å². The molecule has 0 bridgehead atoms. The molecule has 2 rings (SSSR count). The highest BCUT2D eigenvalue weighted by Crippen LogP contribution is 2.17. The first kappa shape index (κ1) is 15.3. The zero-order valence-electron chi connectivity index (χ0n) is 12.4. The molecule has 1 heterocycles. The number of hydrogen-bond acceptors (Lipinski definition) is 4. The number of benzene rings is 1. The average Bonchev–Trinajstić information content (AvgIpc) is 3.01. The van der Waals surface area contributed by atoms with Gasteiger partial charge in [0.05, 0.1) is 12.3 Å². The van der Waals surface area contributed by atoms with Crippen molar-refractivity contribution < 1.29 is 9.21 Å². The standard InChI is InChI=1S/C16H21N3O2/c1-19(2)14(15-4-3-9-21-15)11-18-16(20)13-7-5-12(10-17)6-8-13/h3-9,14H,10-11,17H2,1-2H3,(H,18,20). The Balaban J connectivity index is 1.98. The Morgan fingerprint density at radius 3 is 2.52 bits per heavy atom. The minimum atomic E-state index is -0.100. The van der Waals surface area contributed by atoms with Crippen LogP contribution in [0.15, 0.2) is 47.1 Å². The van der Waals surface area contributed by atoms with Gasteiger partial charge in [-0.15, -0.1) is 0 Å². The zero-order chi connectivity index (χ0) is 15.2. The average molecular weight is 287 g/mol. The number of amides is 1. The van der Waals surface area contributed by atoms with Crippen molar-refractivity contribution in [1.82, 2.24) is 10.2 Å². The van der Waals surface area contributed by atoms with E-state index in [0.717, 1.165) is 11.3 Å². The van der Waals surface area contributed by atoms with E-state index in [1.807, 2.05) is 43.3 Å². The number of hydrogen-bond donors (Lipinski definition) is 2. The van der Waals surface area contributed by atoms with Gasteiger partial charge in [0.1, 0.15) is 5.76 Å². The van der Waals surface area contributed by atoms with Gasteiger partial charge in [-0.3, -0.25) is 9.69 Å². The molecule has 3 N–H and O–H groups in total. The van der Waals surface area contributed by atoms with Gasteiger partial charge in [0.25, 0.3) is 5.91 Å². The molecule has 0 aliphatic rings. The molecule has 1 aromatic heterocycles. The first-order chi connectivity index (χ1) is 10.1. The minimum absolute atomic E-state index is 0.00673. The maximum absolute atomic E-state index is 12.1. The van der Waals surface area contributed by atoms with Crippen molar-refractivity contribution >= 4 is 5.91 Å². The van der Waals surface area contributed by atoms with Crippen LogP contribution in [0.3, 0.4) is 0 Å². The van der Waals surface area contributed by atoms with E-state index >= 15 is 0 Å². The lowest BCUT2D eigenvalue weighted by molar-refractivity contribution is 0.0939. The summed E-state index contributed by atoms with van der Waals surface area (Å²) in [5.41, 5.74) is 7.18. The molecular formula is C16H21N3O2. The molecule has 1 atom stereocenters. The molecule has 5 heteroatoms. The van der Waals surface area contributed by atoms with Crippen molar-refractivity contribution in [2.24, 2.45) is 5.73 Å². The van der Waals surface area contributed by atoms with E-state index in [1.165, 1.54) is 0 Å². The van der Waals surface area contributed by atoms with E-state index in [2.05, 4.69) is 5.32 Å². The number of furan rings is 1. The van der Waals surface area contributed by atoms with Gasteiger partial charge in [0, 0.05) is 18.7 Å². The Morgan fingerprint density at radius 1 is 1.29 bits per heavy atom. The molecule has 0 saturated heterocycles. The number of rotatable bonds is 6. The summed E-state index contributed by atoms with van der Waals surface area (Å²) in [7, 11) is 3.91. The number of likely N-dealkylation sites (N-methyl/N-ethyl adjacent to an activating group) is 1. The van der Waals surface area contributed by atoms with Crippen LogP contribution in [0.2, 0.25) is 0 Å². The first-order valence-electron chi connectivity index (χ1n) is 6.89. The first-order valence-corrected chi connectivity index (χ1v) is 6.89. The zero-order valence-corrected chi connectivity index (χ0v) is 12.4. The van der Waals surface area contributed by atoms with Gasteiger partial charge in [-0.25, -0.2) is 0 Å². The quantitative estimate of drug-likeness (QED) is 0.849. The van der Waals surface area contributed by atoms with E-state index in [0.29, 0.717) is 18.7 Å². The third kappa shape index (κ3) is 3.93. The smallest absolute Gasteiger partial charge is 0.251 e.